The van der Waals surface area contributed by atoms with Crippen molar-refractivity contribution >= 4 is 46.4 Å². The van der Waals surface area contributed by atoms with E-state index < -0.39 is 5.54 Å². The van der Waals surface area contributed by atoms with E-state index in [2.05, 4.69) is 10.6 Å². The normalized spacial score (nSPS) is 19.5. The molecule has 174 valence electrons. The number of hydrogen-bond donors (Lipinski definition) is 2. The predicted molar refractivity (Wildman–Crippen MR) is 134 cm³/mol. The van der Waals surface area contributed by atoms with Crippen LogP contribution in [0.5, 0.6) is 0 Å². The summed E-state index contributed by atoms with van der Waals surface area (Å²) < 4.78 is 5.36. The first-order chi connectivity index (χ1) is 16.4. The van der Waals surface area contributed by atoms with Gasteiger partial charge in [0.25, 0.3) is 11.8 Å². The summed E-state index contributed by atoms with van der Waals surface area (Å²) in [6.45, 7) is 2.19. The van der Waals surface area contributed by atoms with E-state index in [-0.39, 0.29) is 11.8 Å². The van der Waals surface area contributed by atoms with Crippen molar-refractivity contribution in [1.29, 1.82) is 0 Å². The van der Waals surface area contributed by atoms with Gasteiger partial charge < -0.3 is 20.3 Å². The van der Waals surface area contributed by atoms with Gasteiger partial charge in [0.15, 0.2) is 0 Å². The fourth-order valence-corrected chi connectivity index (χ4v) is 4.95. The van der Waals surface area contributed by atoms with Crippen LogP contribution in [0, 0.1) is 0 Å². The van der Waals surface area contributed by atoms with Crippen molar-refractivity contribution in [3.63, 3.8) is 0 Å². The lowest BCUT2D eigenvalue weighted by atomic mass is 9.84. The quantitative estimate of drug-likeness (QED) is 0.524. The standard InChI is InChI=1S/C26H23Cl2N3O3/c27-19-5-1-3-17(13-19)16-26(22-8-7-20(28)15-23(22)29-25(26)33)30-21-6-2-4-18(14-21)24(32)31-9-11-34-12-10-31/h1-8,13-15,30H,9-12,16H2,(H,29,33). The van der Waals surface area contributed by atoms with Gasteiger partial charge in [-0.05, 0) is 48.0 Å². The van der Waals surface area contributed by atoms with E-state index in [0.29, 0.717) is 59.7 Å². The summed E-state index contributed by atoms with van der Waals surface area (Å²) in [4.78, 5) is 28.3. The van der Waals surface area contributed by atoms with Crippen molar-refractivity contribution in [2.75, 3.05) is 36.9 Å². The molecule has 1 saturated heterocycles. The van der Waals surface area contributed by atoms with Gasteiger partial charge in [0.05, 0.1) is 13.2 Å². The number of nitrogens with zero attached hydrogens (tertiary/aromatic N) is 1. The van der Waals surface area contributed by atoms with Crippen LogP contribution in [0.15, 0.2) is 66.7 Å². The van der Waals surface area contributed by atoms with Crippen LogP contribution in [0.25, 0.3) is 0 Å². The molecule has 2 aliphatic heterocycles. The van der Waals surface area contributed by atoms with Crippen molar-refractivity contribution in [3.05, 3.63) is 93.5 Å². The number of halogens is 2. The lowest BCUT2D eigenvalue weighted by molar-refractivity contribution is -0.119. The van der Waals surface area contributed by atoms with Crippen LogP contribution in [0.3, 0.4) is 0 Å². The summed E-state index contributed by atoms with van der Waals surface area (Å²) >= 11 is 12.4. The Morgan fingerprint density at radius 2 is 1.76 bits per heavy atom. The molecule has 1 fully saturated rings. The highest BCUT2D eigenvalue weighted by Gasteiger charge is 2.47. The molecule has 1 unspecified atom stereocenters. The molecule has 3 aromatic rings. The fraction of sp³-hybridized carbons (Fsp3) is 0.231. The molecule has 1 atom stereocenters. The number of benzene rings is 3. The van der Waals surface area contributed by atoms with Crippen LogP contribution in [-0.4, -0.2) is 43.0 Å². The molecule has 2 heterocycles. The van der Waals surface area contributed by atoms with Crippen LogP contribution < -0.4 is 10.6 Å². The van der Waals surface area contributed by atoms with Gasteiger partial charge in [-0.2, -0.15) is 0 Å². The van der Waals surface area contributed by atoms with Gasteiger partial charge in [-0.3, -0.25) is 9.59 Å². The zero-order valence-electron chi connectivity index (χ0n) is 18.3. The average molecular weight is 496 g/mol. The van der Waals surface area contributed by atoms with Crippen molar-refractivity contribution in [2.24, 2.45) is 0 Å². The lowest BCUT2D eigenvalue weighted by Crippen LogP contribution is -2.44. The molecular formula is C26H23Cl2N3O3. The summed E-state index contributed by atoms with van der Waals surface area (Å²) in [7, 11) is 0. The van der Waals surface area contributed by atoms with Crippen LogP contribution in [0.1, 0.15) is 21.5 Å². The van der Waals surface area contributed by atoms with E-state index in [0.717, 1.165) is 11.1 Å². The molecule has 2 amide bonds. The lowest BCUT2D eigenvalue weighted by Gasteiger charge is -2.31. The highest BCUT2D eigenvalue weighted by atomic mass is 35.5. The van der Waals surface area contributed by atoms with Crippen LogP contribution in [0.2, 0.25) is 10.0 Å². The molecule has 0 aliphatic carbocycles. The van der Waals surface area contributed by atoms with Gasteiger partial charge in [0.1, 0.15) is 5.54 Å². The zero-order chi connectivity index (χ0) is 23.7. The maximum Gasteiger partial charge on any atom is 0.255 e. The van der Waals surface area contributed by atoms with Crippen LogP contribution in [0.4, 0.5) is 11.4 Å². The number of nitrogens with one attached hydrogen (secondary N) is 2. The first-order valence-electron chi connectivity index (χ1n) is 11.1. The van der Waals surface area contributed by atoms with Gasteiger partial charge in [-0.1, -0.05) is 47.5 Å². The Bertz CT molecular complexity index is 1260. The summed E-state index contributed by atoms with van der Waals surface area (Å²) in [5.74, 6) is -0.256. The van der Waals surface area contributed by atoms with E-state index in [1.54, 1.807) is 35.2 Å². The third-order valence-corrected chi connectivity index (χ3v) is 6.67. The monoisotopic (exact) mass is 495 g/mol. The van der Waals surface area contributed by atoms with Crippen molar-refractivity contribution < 1.29 is 14.3 Å². The Kier molecular flexibility index (Phi) is 6.21. The fourth-order valence-electron chi connectivity index (χ4n) is 4.57. The summed E-state index contributed by atoms with van der Waals surface area (Å²) in [6, 6.07) is 20.1. The minimum Gasteiger partial charge on any atom is -0.378 e. The smallest absolute Gasteiger partial charge is 0.255 e. The number of carbonyl (C=O) groups excluding carboxylic acids is 2. The van der Waals surface area contributed by atoms with E-state index in [1.807, 2.05) is 36.4 Å². The number of anilines is 2. The topological polar surface area (TPSA) is 70.7 Å². The molecule has 0 saturated carbocycles. The second-order valence-electron chi connectivity index (χ2n) is 8.47. The van der Waals surface area contributed by atoms with Gasteiger partial charge in [-0.25, -0.2) is 0 Å². The number of morpholine rings is 1. The van der Waals surface area contributed by atoms with Gasteiger partial charge in [-0.15, -0.1) is 0 Å². The second-order valence-corrected chi connectivity index (χ2v) is 9.34. The SMILES string of the molecule is O=C(c1cccc(NC2(Cc3cccc(Cl)c3)C(=O)Nc3cc(Cl)ccc32)c1)N1CCOCC1. The first-order valence-corrected chi connectivity index (χ1v) is 11.8. The number of carbonyl (C=O) groups is 2. The van der Waals surface area contributed by atoms with Gasteiger partial charge >= 0.3 is 0 Å². The molecule has 2 N–H and O–H groups in total. The van der Waals surface area contributed by atoms with Crippen LogP contribution >= 0.6 is 23.2 Å². The van der Waals surface area contributed by atoms with E-state index in [4.69, 9.17) is 27.9 Å². The van der Waals surface area contributed by atoms with Crippen molar-refractivity contribution in [3.8, 4) is 0 Å². The van der Waals surface area contributed by atoms with Crippen LogP contribution in [-0.2, 0) is 21.5 Å². The second kappa shape index (κ2) is 9.29. The number of fused-ring (bicyclic) bond motifs is 1. The summed E-state index contributed by atoms with van der Waals surface area (Å²) in [5.41, 5.74) is 2.46. The van der Waals surface area contributed by atoms with E-state index in [9.17, 15) is 9.59 Å². The largest absolute Gasteiger partial charge is 0.378 e. The average Bonchev–Trinajstić information content (AvgIpc) is 3.09. The Morgan fingerprint density at radius 3 is 2.56 bits per heavy atom. The number of amides is 2. The maximum absolute atomic E-state index is 13.5. The Labute approximate surface area is 207 Å². The zero-order valence-corrected chi connectivity index (χ0v) is 19.8. The van der Waals surface area contributed by atoms with E-state index >= 15 is 0 Å². The molecule has 2 aliphatic rings. The van der Waals surface area contributed by atoms with Crippen molar-refractivity contribution in [1.82, 2.24) is 4.90 Å². The third kappa shape index (κ3) is 4.37. The molecule has 8 heteroatoms. The minimum atomic E-state index is -1.11. The Hall–Kier alpha value is -3.06. The molecule has 0 spiro atoms. The maximum atomic E-state index is 13.5. The molecular weight excluding hydrogens is 473 g/mol. The van der Waals surface area contributed by atoms with Gasteiger partial charge in [0, 0.05) is 52.1 Å². The highest BCUT2D eigenvalue weighted by molar-refractivity contribution is 6.31. The van der Waals surface area contributed by atoms with Gasteiger partial charge in [0.2, 0.25) is 0 Å². The molecule has 0 bridgehead atoms. The highest BCUT2D eigenvalue weighted by Crippen LogP contribution is 2.42. The first kappa shape index (κ1) is 22.7. The third-order valence-electron chi connectivity index (χ3n) is 6.20. The molecule has 6 nitrogen and oxygen atoms in total. The minimum absolute atomic E-state index is 0.0566. The number of ether oxygens (including phenoxy) is 1. The van der Waals surface area contributed by atoms with Crippen molar-refractivity contribution in [2.45, 2.75) is 12.0 Å². The van der Waals surface area contributed by atoms with E-state index in [1.165, 1.54) is 0 Å². The Morgan fingerprint density at radius 1 is 1.00 bits per heavy atom. The summed E-state index contributed by atoms with van der Waals surface area (Å²) in [6.07, 6.45) is 0.357. The molecule has 0 aromatic heterocycles. The Balaban J connectivity index is 1.53. The number of hydrogen-bond acceptors (Lipinski definition) is 4. The molecule has 3 aromatic carbocycles. The molecule has 5 rings (SSSR count). The number of rotatable bonds is 5. The molecule has 34 heavy (non-hydrogen) atoms. The summed E-state index contributed by atoms with van der Waals surface area (Å²) in [5, 5.41) is 7.55. The predicted octanol–water partition coefficient (Wildman–Crippen LogP) is 4.97. The molecule has 0 radical (unpaired) electrons.